The van der Waals surface area contributed by atoms with Crippen molar-refractivity contribution in [3.63, 3.8) is 0 Å². The second-order valence-corrected chi connectivity index (χ2v) is 8.96. The van der Waals surface area contributed by atoms with Crippen molar-refractivity contribution >= 4 is 33.9 Å². The van der Waals surface area contributed by atoms with Gasteiger partial charge in [0.2, 0.25) is 0 Å². The second-order valence-electron chi connectivity index (χ2n) is 8.96. The van der Waals surface area contributed by atoms with Crippen LogP contribution in [0.1, 0.15) is 61.3 Å². The van der Waals surface area contributed by atoms with E-state index >= 15 is 0 Å². The number of ketones is 1. The number of fused-ring (bicyclic) bond motifs is 1. The third-order valence-electron chi connectivity index (χ3n) is 6.18. The monoisotopic (exact) mass is 458 g/mol. The van der Waals surface area contributed by atoms with E-state index in [9.17, 15) is 9.70 Å². The van der Waals surface area contributed by atoms with Crippen LogP contribution in [-0.4, -0.2) is 37.9 Å². The molecule has 2 unspecified atom stereocenters. The number of nitroso groups, excluding NO2 is 1. The van der Waals surface area contributed by atoms with E-state index in [-0.39, 0.29) is 24.2 Å². The van der Waals surface area contributed by atoms with Crippen LogP contribution < -0.4 is 0 Å². The predicted octanol–water partition coefficient (Wildman–Crippen LogP) is 5.83. The van der Waals surface area contributed by atoms with E-state index in [1.165, 1.54) is 0 Å². The number of carbonyl (C=O) groups excluding carboxylic acids is 1. The van der Waals surface area contributed by atoms with Crippen molar-refractivity contribution in [1.82, 2.24) is 14.5 Å². The number of nitrogens with zero attached hydrogens (tertiary/aromatic N) is 5. The van der Waals surface area contributed by atoms with E-state index in [1.54, 1.807) is 13.3 Å². The highest BCUT2D eigenvalue weighted by Gasteiger charge is 2.19. The van der Waals surface area contributed by atoms with E-state index in [0.29, 0.717) is 12.1 Å². The minimum Gasteiger partial charge on any atom is -0.352 e. The van der Waals surface area contributed by atoms with Gasteiger partial charge in [0.05, 0.1) is 29.5 Å². The molecule has 0 aliphatic carbocycles. The highest BCUT2D eigenvalue weighted by Crippen LogP contribution is 2.28. The standard InChI is InChI=1S/C26H30N6O2/c1-5-18-7-6-8-21(23-14-32(4)15-27-23)30-26(18)28-20-11-16(2)25-19(12-20)13-22(29-25)24(33)10-9-17(3)31-34/h6,8,11-15,17-18,29H,5,7,9-10H2,1-4H3. The van der Waals surface area contributed by atoms with Gasteiger partial charge >= 0.3 is 0 Å². The fraction of sp³-hybridized carbons (Fsp3) is 0.385. The summed E-state index contributed by atoms with van der Waals surface area (Å²) >= 11 is 0. The highest BCUT2D eigenvalue weighted by molar-refractivity contribution is 6.14. The maximum absolute atomic E-state index is 12.6. The Morgan fingerprint density at radius 2 is 2.15 bits per heavy atom. The van der Waals surface area contributed by atoms with Gasteiger partial charge in [0.1, 0.15) is 11.5 Å². The zero-order chi connectivity index (χ0) is 24.2. The molecule has 176 valence electrons. The van der Waals surface area contributed by atoms with Crippen LogP contribution in [0.5, 0.6) is 0 Å². The normalized spacial score (nSPS) is 18.2. The SMILES string of the molecule is CCC1CC=CC(c2cn(C)cn2)=NC1=Nc1cc(C)c2[nH]c(C(=O)CCC(C)N=O)cc2c1. The van der Waals surface area contributed by atoms with Crippen LogP contribution in [0.3, 0.4) is 0 Å². The summed E-state index contributed by atoms with van der Waals surface area (Å²) < 4.78 is 1.91. The predicted molar refractivity (Wildman–Crippen MR) is 136 cm³/mol. The molecule has 0 fully saturated rings. The van der Waals surface area contributed by atoms with E-state index in [4.69, 9.17) is 9.98 Å². The smallest absolute Gasteiger partial charge is 0.179 e. The molecule has 3 aromatic rings. The first kappa shape index (κ1) is 23.5. The van der Waals surface area contributed by atoms with Gasteiger partial charge in [-0.25, -0.2) is 15.0 Å². The second kappa shape index (κ2) is 10.1. The maximum Gasteiger partial charge on any atom is 0.179 e. The van der Waals surface area contributed by atoms with Crippen LogP contribution in [0.15, 0.2) is 58.0 Å². The Balaban J connectivity index is 1.68. The molecule has 1 N–H and O–H groups in total. The number of aromatic nitrogens is 3. The zero-order valence-electron chi connectivity index (χ0n) is 20.1. The number of hydrogen-bond acceptors (Lipinski definition) is 5. The summed E-state index contributed by atoms with van der Waals surface area (Å²) in [6.07, 6.45) is 10.4. The number of carbonyl (C=O) groups is 1. The number of imidazole rings is 1. The van der Waals surface area contributed by atoms with Crippen LogP contribution in [0, 0.1) is 17.7 Å². The number of Topliss-reactive ketones (excluding diaryl/α,β-unsaturated/α-hetero) is 1. The molecule has 4 rings (SSSR count). The largest absolute Gasteiger partial charge is 0.352 e. The third-order valence-corrected chi connectivity index (χ3v) is 6.18. The summed E-state index contributed by atoms with van der Waals surface area (Å²) in [4.78, 5) is 40.8. The van der Waals surface area contributed by atoms with Crippen LogP contribution in [0.25, 0.3) is 10.9 Å². The van der Waals surface area contributed by atoms with Gasteiger partial charge in [0.15, 0.2) is 5.78 Å². The number of amidine groups is 1. The number of H-pyrrole nitrogens is 1. The summed E-state index contributed by atoms with van der Waals surface area (Å²) in [6, 6.07) is 5.50. The van der Waals surface area contributed by atoms with Gasteiger partial charge in [-0.05, 0) is 62.9 Å². The van der Waals surface area contributed by atoms with Crippen molar-refractivity contribution in [3.8, 4) is 0 Å². The summed E-state index contributed by atoms with van der Waals surface area (Å²) in [5.74, 6) is 0.976. The molecule has 2 aromatic heterocycles. The molecular weight excluding hydrogens is 428 g/mol. The van der Waals surface area contributed by atoms with Gasteiger partial charge in [-0.2, -0.15) is 4.91 Å². The fourth-order valence-electron chi connectivity index (χ4n) is 4.13. The van der Waals surface area contributed by atoms with E-state index in [1.807, 2.05) is 49.0 Å². The van der Waals surface area contributed by atoms with Crippen molar-refractivity contribution < 1.29 is 4.79 Å². The van der Waals surface area contributed by atoms with Crippen molar-refractivity contribution in [2.45, 2.75) is 52.5 Å². The first-order chi connectivity index (χ1) is 16.4. The quantitative estimate of drug-likeness (QED) is 0.339. The Kier molecular flexibility index (Phi) is 6.95. The highest BCUT2D eigenvalue weighted by atomic mass is 16.3. The topological polar surface area (TPSA) is 105 Å². The summed E-state index contributed by atoms with van der Waals surface area (Å²) in [5.41, 5.74) is 4.90. The van der Waals surface area contributed by atoms with Crippen LogP contribution in [0.4, 0.5) is 5.69 Å². The Hall–Kier alpha value is -3.68. The molecule has 0 saturated heterocycles. The Labute approximate surface area is 198 Å². The van der Waals surface area contributed by atoms with Crippen LogP contribution >= 0.6 is 0 Å². The van der Waals surface area contributed by atoms with Gasteiger partial charge in [-0.3, -0.25) is 4.79 Å². The Morgan fingerprint density at radius 1 is 1.32 bits per heavy atom. The first-order valence-corrected chi connectivity index (χ1v) is 11.7. The molecule has 8 nitrogen and oxygen atoms in total. The Morgan fingerprint density at radius 3 is 2.85 bits per heavy atom. The lowest BCUT2D eigenvalue weighted by Gasteiger charge is -2.12. The summed E-state index contributed by atoms with van der Waals surface area (Å²) in [6.45, 7) is 5.87. The summed E-state index contributed by atoms with van der Waals surface area (Å²) in [7, 11) is 1.94. The van der Waals surface area contributed by atoms with Crippen molar-refractivity contribution in [2.24, 2.45) is 28.1 Å². The minimum atomic E-state index is -0.366. The lowest BCUT2D eigenvalue weighted by Crippen LogP contribution is -2.11. The Bertz CT molecular complexity index is 1310. The number of aryl methyl sites for hydroxylation is 2. The molecule has 8 heteroatoms. The molecular formula is C26H30N6O2. The lowest BCUT2D eigenvalue weighted by atomic mass is 10.0. The van der Waals surface area contributed by atoms with Gasteiger partial charge in [0.25, 0.3) is 0 Å². The lowest BCUT2D eigenvalue weighted by molar-refractivity contribution is 0.0974. The first-order valence-electron chi connectivity index (χ1n) is 11.7. The third kappa shape index (κ3) is 5.11. The fourth-order valence-corrected chi connectivity index (χ4v) is 4.13. The summed E-state index contributed by atoms with van der Waals surface area (Å²) in [5, 5.41) is 3.90. The molecule has 2 atom stereocenters. The molecule has 34 heavy (non-hydrogen) atoms. The minimum absolute atomic E-state index is 0.0237. The number of benzene rings is 1. The van der Waals surface area contributed by atoms with E-state index in [2.05, 4.69) is 28.1 Å². The van der Waals surface area contributed by atoms with Gasteiger partial charge in [-0.15, -0.1) is 0 Å². The van der Waals surface area contributed by atoms with E-state index < -0.39 is 0 Å². The van der Waals surface area contributed by atoms with Gasteiger partial charge < -0.3 is 9.55 Å². The molecule has 0 saturated carbocycles. The van der Waals surface area contributed by atoms with Crippen molar-refractivity contribution in [2.75, 3.05) is 0 Å². The number of hydrogen-bond donors (Lipinski definition) is 1. The number of rotatable bonds is 8. The number of aromatic amines is 1. The number of allylic oxidation sites excluding steroid dienone is 2. The van der Waals surface area contributed by atoms with Crippen molar-refractivity contribution in [3.05, 3.63) is 64.7 Å². The molecule has 1 aromatic carbocycles. The van der Waals surface area contributed by atoms with Gasteiger partial charge in [-0.1, -0.05) is 18.2 Å². The maximum atomic E-state index is 12.6. The molecule has 0 radical (unpaired) electrons. The molecule has 0 spiro atoms. The van der Waals surface area contributed by atoms with Crippen LogP contribution in [0.2, 0.25) is 0 Å². The molecule has 1 aliphatic heterocycles. The number of nitrogens with one attached hydrogen (secondary N) is 1. The van der Waals surface area contributed by atoms with Crippen molar-refractivity contribution in [1.29, 1.82) is 0 Å². The van der Waals surface area contributed by atoms with E-state index in [0.717, 1.165) is 52.2 Å². The molecule has 0 amide bonds. The molecule has 0 bridgehead atoms. The molecule has 3 heterocycles. The van der Waals surface area contributed by atoms with Crippen LogP contribution in [-0.2, 0) is 7.05 Å². The number of aliphatic imine (C=N–C) groups is 2. The average molecular weight is 459 g/mol. The average Bonchev–Trinajstić information content (AvgIpc) is 3.40. The molecule has 1 aliphatic rings. The van der Waals surface area contributed by atoms with Gasteiger partial charge in [0, 0.05) is 36.5 Å². The zero-order valence-corrected chi connectivity index (χ0v) is 20.1.